The highest BCUT2D eigenvalue weighted by molar-refractivity contribution is 6.41. The Morgan fingerprint density at radius 3 is 2.16 bits per heavy atom. The Kier molecular flexibility index (Phi) is 7.26. The molecule has 19 heavy (non-hydrogen) atoms. The van der Waals surface area contributed by atoms with Crippen LogP contribution in [0.5, 0.6) is 0 Å². The number of hydrogen-bond acceptors (Lipinski definition) is 3. The zero-order valence-corrected chi connectivity index (χ0v) is 13.4. The molecular formula is C13H19Cl3N2O. The number of halogens is 3. The first-order chi connectivity index (χ1) is 8.97. The summed E-state index contributed by atoms with van der Waals surface area (Å²) in [7, 11) is 0. The molecule has 0 bridgehead atoms. The molecule has 0 spiro atoms. The summed E-state index contributed by atoms with van der Waals surface area (Å²) in [6.45, 7) is 6.96. The lowest BCUT2D eigenvalue weighted by molar-refractivity contribution is 0.128. The van der Waals surface area contributed by atoms with Crippen LogP contribution in [0.4, 0.5) is 5.69 Å². The van der Waals surface area contributed by atoms with Gasteiger partial charge >= 0.3 is 0 Å². The molecule has 2 N–H and O–H groups in total. The normalized spacial score (nSPS) is 12.8. The highest BCUT2D eigenvalue weighted by Crippen LogP contribution is 2.33. The van der Waals surface area contributed by atoms with Crippen LogP contribution in [0.15, 0.2) is 12.1 Å². The maximum Gasteiger partial charge on any atom is 0.0839 e. The average molecular weight is 326 g/mol. The van der Waals surface area contributed by atoms with Crippen LogP contribution < -0.4 is 5.32 Å². The van der Waals surface area contributed by atoms with Crippen molar-refractivity contribution in [3.05, 3.63) is 27.2 Å². The number of nitrogens with zero attached hydrogens (tertiary/aromatic N) is 1. The van der Waals surface area contributed by atoms with Crippen LogP contribution >= 0.6 is 34.8 Å². The molecule has 0 heterocycles. The Hall–Kier alpha value is -0.190. The monoisotopic (exact) mass is 324 g/mol. The van der Waals surface area contributed by atoms with Crippen molar-refractivity contribution in [3.63, 3.8) is 0 Å². The molecule has 1 rings (SSSR count). The van der Waals surface area contributed by atoms with E-state index in [0.717, 1.165) is 13.1 Å². The number of aliphatic hydroxyl groups excluding tert-OH is 1. The van der Waals surface area contributed by atoms with Gasteiger partial charge in [-0.2, -0.15) is 0 Å². The Bertz CT molecular complexity index is 388. The molecule has 0 radical (unpaired) electrons. The number of nitrogens with one attached hydrogen (secondary N) is 1. The summed E-state index contributed by atoms with van der Waals surface area (Å²) in [5.74, 6) is 0. The van der Waals surface area contributed by atoms with Crippen molar-refractivity contribution < 1.29 is 5.11 Å². The van der Waals surface area contributed by atoms with Gasteiger partial charge in [0.2, 0.25) is 0 Å². The van der Waals surface area contributed by atoms with Crippen LogP contribution in [0.3, 0.4) is 0 Å². The van der Waals surface area contributed by atoms with Crippen molar-refractivity contribution >= 4 is 40.5 Å². The average Bonchev–Trinajstić information content (AvgIpc) is 2.34. The van der Waals surface area contributed by atoms with E-state index in [1.807, 2.05) is 0 Å². The molecule has 0 fully saturated rings. The SMILES string of the molecule is CCN(CC)CC(O)CNc1c(Cl)cc(Cl)cc1Cl. The van der Waals surface area contributed by atoms with Crippen LogP contribution in [0.1, 0.15) is 13.8 Å². The molecule has 0 aliphatic rings. The summed E-state index contributed by atoms with van der Waals surface area (Å²) in [4.78, 5) is 2.15. The Labute approximate surface area is 129 Å². The quantitative estimate of drug-likeness (QED) is 0.801. The lowest BCUT2D eigenvalue weighted by Crippen LogP contribution is -2.36. The van der Waals surface area contributed by atoms with Crippen LogP contribution in [-0.2, 0) is 0 Å². The fraction of sp³-hybridized carbons (Fsp3) is 0.538. The fourth-order valence-electron chi connectivity index (χ4n) is 1.78. The van der Waals surface area contributed by atoms with E-state index in [2.05, 4.69) is 24.1 Å². The summed E-state index contributed by atoms with van der Waals surface area (Å²) in [6, 6.07) is 3.24. The Morgan fingerprint density at radius 1 is 1.16 bits per heavy atom. The van der Waals surface area contributed by atoms with Crippen molar-refractivity contribution in [2.24, 2.45) is 0 Å². The van der Waals surface area contributed by atoms with Gasteiger partial charge in [-0.15, -0.1) is 0 Å². The topological polar surface area (TPSA) is 35.5 Å². The number of rotatable bonds is 7. The van der Waals surface area contributed by atoms with E-state index in [0.29, 0.717) is 33.8 Å². The van der Waals surface area contributed by atoms with Gasteiger partial charge in [0.05, 0.1) is 21.8 Å². The molecular weight excluding hydrogens is 307 g/mol. The molecule has 108 valence electrons. The van der Waals surface area contributed by atoms with Gasteiger partial charge in [0.1, 0.15) is 0 Å². The molecule has 3 nitrogen and oxygen atoms in total. The lowest BCUT2D eigenvalue weighted by Gasteiger charge is -2.22. The van der Waals surface area contributed by atoms with Gasteiger partial charge in [-0.25, -0.2) is 0 Å². The number of benzene rings is 1. The van der Waals surface area contributed by atoms with Crippen molar-refractivity contribution in [2.75, 3.05) is 31.5 Å². The maximum atomic E-state index is 9.96. The maximum absolute atomic E-state index is 9.96. The molecule has 0 saturated carbocycles. The van der Waals surface area contributed by atoms with Crippen LogP contribution in [0, 0.1) is 0 Å². The zero-order chi connectivity index (χ0) is 14.4. The molecule has 1 atom stereocenters. The summed E-state index contributed by atoms with van der Waals surface area (Å²) in [5.41, 5.74) is 0.603. The minimum atomic E-state index is -0.484. The van der Waals surface area contributed by atoms with E-state index in [9.17, 15) is 5.11 Å². The van der Waals surface area contributed by atoms with E-state index in [-0.39, 0.29) is 0 Å². The third kappa shape index (κ3) is 5.36. The summed E-state index contributed by atoms with van der Waals surface area (Å²) < 4.78 is 0. The van der Waals surface area contributed by atoms with Gasteiger partial charge in [0.25, 0.3) is 0 Å². The highest BCUT2D eigenvalue weighted by atomic mass is 35.5. The number of likely N-dealkylation sites (N-methyl/N-ethyl adjacent to an activating group) is 1. The van der Waals surface area contributed by atoms with Crippen LogP contribution in [-0.4, -0.2) is 42.3 Å². The minimum absolute atomic E-state index is 0.386. The Morgan fingerprint density at radius 2 is 1.68 bits per heavy atom. The molecule has 1 aromatic carbocycles. The van der Waals surface area contributed by atoms with Gasteiger partial charge in [-0.1, -0.05) is 48.7 Å². The molecule has 1 unspecified atom stereocenters. The molecule has 0 amide bonds. The van der Waals surface area contributed by atoms with E-state index in [1.54, 1.807) is 12.1 Å². The first-order valence-corrected chi connectivity index (χ1v) is 7.40. The van der Waals surface area contributed by atoms with Gasteiger partial charge in [-0.3, -0.25) is 0 Å². The zero-order valence-electron chi connectivity index (χ0n) is 11.1. The molecule has 0 saturated heterocycles. The lowest BCUT2D eigenvalue weighted by atomic mass is 10.2. The molecule has 0 aliphatic carbocycles. The van der Waals surface area contributed by atoms with Crippen molar-refractivity contribution in [1.29, 1.82) is 0 Å². The standard InChI is InChI=1S/C13H19Cl3N2O/c1-3-18(4-2)8-10(19)7-17-13-11(15)5-9(14)6-12(13)16/h5-6,10,17,19H,3-4,7-8H2,1-2H3. The van der Waals surface area contributed by atoms with Crippen LogP contribution in [0.25, 0.3) is 0 Å². The molecule has 6 heteroatoms. The van der Waals surface area contributed by atoms with E-state index < -0.39 is 6.10 Å². The molecule has 1 aromatic rings. The summed E-state index contributed by atoms with van der Waals surface area (Å²) >= 11 is 17.9. The smallest absolute Gasteiger partial charge is 0.0839 e. The predicted octanol–water partition coefficient (Wildman–Crippen LogP) is 3.76. The second-order valence-corrected chi connectivity index (χ2v) is 5.52. The van der Waals surface area contributed by atoms with Gasteiger partial charge in [0.15, 0.2) is 0 Å². The van der Waals surface area contributed by atoms with Crippen molar-refractivity contribution in [2.45, 2.75) is 20.0 Å². The first kappa shape index (κ1) is 16.9. The number of hydrogen-bond donors (Lipinski definition) is 2. The van der Waals surface area contributed by atoms with E-state index in [1.165, 1.54) is 0 Å². The number of aliphatic hydroxyl groups is 1. The van der Waals surface area contributed by atoms with E-state index in [4.69, 9.17) is 34.8 Å². The van der Waals surface area contributed by atoms with Gasteiger partial charge in [-0.05, 0) is 25.2 Å². The van der Waals surface area contributed by atoms with Gasteiger partial charge in [0, 0.05) is 18.1 Å². The predicted molar refractivity (Wildman–Crippen MR) is 83.8 cm³/mol. The second kappa shape index (κ2) is 8.18. The van der Waals surface area contributed by atoms with Crippen molar-refractivity contribution in [3.8, 4) is 0 Å². The van der Waals surface area contributed by atoms with Gasteiger partial charge < -0.3 is 15.3 Å². The third-order valence-electron chi connectivity index (χ3n) is 2.88. The minimum Gasteiger partial charge on any atom is -0.390 e. The fourth-order valence-corrected chi connectivity index (χ4v) is 2.73. The van der Waals surface area contributed by atoms with Crippen LogP contribution in [0.2, 0.25) is 15.1 Å². The third-order valence-corrected chi connectivity index (χ3v) is 3.70. The second-order valence-electron chi connectivity index (χ2n) is 4.27. The highest BCUT2D eigenvalue weighted by Gasteiger charge is 2.12. The first-order valence-electron chi connectivity index (χ1n) is 6.26. The number of anilines is 1. The molecule has 0 aromatic heterocycles. The summed E-state index contributed by atoms with van der Waals surface area (Å²) in [5, 5.41) is 14.4. The molecule has 0 aliphatic heterocycles. The van der Waals surface area contributed by atoms with E-state index >= 15 is 0 Å². The summed E-state index contributed by atoms with van der Waals surface area (Å²) in [6.07, 6.45) is -0.484. The van der Waals surface area contributed by atoms with Crippen molar-refractivity contribution in [1.82, 2.24) is 4.90 Å². The largest absolute Gasteiger partial charge is 0.390 e. The Balaban J connectivity index is 2.57.